The molecule has 2 heterocycles. The molecule has 0 radical (unpaired) electrons. The molecule has 7 heteroatoms. The van der Waals surface area contributed by atoms with E-state index in [1.807, 2.05) is 49.7 Å². The SMILES string of the molecule is CC(C)(C)n1cc(C=C(C(N)=O)c2ccccc2)c2c(NC(=O)O)ccnc21. The van der Waals surface area contributed by atoms with Crippen LogP contribution >= 0.6 is 0 Å². The Kier molecular flexibility index (Phi) is 4.92. The number of anilines is 1. The van der Waals surface area contributed by atoms with E-state index in [4.69, 9.17) is 5.73 Å². The molecular weight excluding hydrogens is 356 g/mol. The fraction of sp³-hybridized carbons (Fsp3) is 0.190. The van der Waals surface area contributed by atoms with Crippen molar-refractivity contribution in [2.45, 2.75) is 26.3 Å². The largest absolute Gasteiger partial charge is 0.465 e. The lowest BCUT2D eigenvalue weighted by molar-refractivity contribution is -0.112. The fourth-order valence-electron chi connectivity index (χ4n) is 3.09. The Balaban J connectivity index is 2.33. The van der Waals surface area contributed by atoms with Gasteiger partial charge in [0.15, 0.2) is 0 Å². The van der Waals surface area contributed by atoms with Gasteiger partial charge in [-0.3, -0.25) is 10.1 Å². The van der Waals surface area contributed by atoms with Gasteiger partial charge in [0.2, 0.25) is 5.91 Å². The molecule has 0 saturated carbocycles. The molecule has 0 spiro atoms. The van der Waals surface area contributed by atoms with E-state index in [-0.39, 0.29) is 5.54 Å². The topological polar surface area (TPSA) is 110 Å². The number of hydrogen-bond donors (Lipinski definition) is 3. The van der Waals surface area contributed by atoms with Gasteiger partial charge < -0.3 is 15.4 Å². The lowest BCUT2D eigenvalue weighted by Crippen LogP contribution is -2.21. The van der Waals surface area contributed by atoms with Crippen LogP contribution in [0, 0.1) is 0 Å². The standard InChI is InChI=1S/C21H22N4O3/c1-21(2,3)25-12-14(11-15(18(22)26)13-7-5-4-6-8-13)17-16(24-20(27)28)9-10-23-19(17)25/h4-12H,1-3H3,(H2,22,26)(H,23,24)(H,27,28). The molecule has 0 aliphatic carbocycles. The molecule has 144 valence electrons. The van der Waals surface area contributed by atoms with Gasteiger partial charge in [-0.15, -0.1) is 0 Å². The van der Waals surface area contributed by atoms with E-state index >= 15 is 0 Å². The van der Waals surface area contributed by atoms with Gasteiger partial charge in [0.1, 0.15) is 5.65 Å². The highest BCUT2D eigenvalue weighted by atomic mass is 16.4. The van der Waals surface area contributed by atoms with E-state index in [0.29, 0.717) is 33.4 Å². The average Bonchev–Trinajstić information content (AvgIpc) is 2.99. The Bertz CT molecular complexity index is 1080. The van der Waals surface area contributed by atoms with E-state index in [2.05, 4.69) is 10.3 Å². The summed E-state index contributed by atoms with van der Waals surface area (Å²) in [7, 11) is 0. The monoisotopic (exact) mass is 378 g/mol. The zero-order valence-corrected chi connectivity index (χ0v) is 15.9. The summed E-state index contributed by atoms with van der Waals surface area (Å²) in [6.45, 7) is 6.06. The number of carboxylic acid groups (broad SMARTS) is 1. The van der Waals surface area contributed by atoms with E-state index in [9.17, 15) is 14.7 Å². The van der Waals surface area contributed by atoms with Crippen molar-refractivity contribution in [3.8, 4) is 0 Å². The zero-order valence-electron chi connectivity index (χ0n) is 15.9. The number of primary amides is 1. The van der Waals surface area contributed by atoms with E-state index in [0.717, 1.165) is 0 Å². The van der Waals surface area contributed by atoms with Crippen LogP contribution in [0.1, 0.15) is 31.9 Å². The number of nitrogens with one attached hydrogen (secondary N) is 1. The Morgan fingerprint density at radius 3 is 2.43 bits per heavy atom. The molecular formula is C21H22N4O3. The number of carbonyl (C=O) groups is 2. The van der Waals surface area contributed by atoms with E-state index in [1.165, 1.54) is 0 Å². The van der Waals surface area contributed by atoms with Crippen LogP contribution in [0.5, 0.6) is 0 Å². The maximum atomic E-state index is 12.1. The third kappa shape index (κ3) is 3.73. The molecule has 2 aromatic heterocycles. The summed E-state index contributed by atoms with van der Waals surface area (Å²) < 4.78 is 1.95. The van der Waals surface area contributed by atoms with Gasteiger partial charge >= 0.3 is 6.09 Å². The van der Waals surface area contributed by atoms with Crippen molar-refractivity contribution < 1.29 is 14.7 Å². The van der Waals surface area contributed by atoms with Crippen LogP contribution < -0.4 is 11.1 Å². The number of amides is 2. The third-order valence-corrected chi connectivity index (χ3v) is 4.33. The molecule has 3 rings (SSSR count). The van der Waals surface area contributed by atoms with Crippen LogP contribution in [0.15, 0.2) is 48.8 Å². The van der Waals surface area contributed by atoms with E-state index in [1.54, 1.807) is 30.5 Å². The molecule has 0 unspecified atom stereocenters. The van der Waals surface area contributed by atoms with Gasteiger partial charge in [0.05, 0.1) is 5.69 Å². The van der Waals surface area contributed by atoms with Crippen LogP contribution in [0.2, 0.25) is 0 Å². The molecule has 28 heavy (non-hydrogen) atoms. The minimum atomic E-state index is -1.18. The second-order valence-electron chi connectivity index (χ2n) is 7.40. The number of carbonyl (C=O) groups excluding carboxylic acids is 1. The van der Waals surface area contributed by atoms with E-state index < -0.39 is 12.0 Å². The quantitative estimate of drug-likeness (QED) is 0.598. The van der Waals surface area contributed by atoms with Gasteiger partial charge in [-0.05, 0) is 38.5 Å². The highest BCUT2D eigenvalue weighted by molar-refractivity contribution is 6.24. The van der Waals surface area contributed by atoms with Gasteiger partial charge in [-0.25, -0.2) is 9.78 Å². The Labute approximate surface area is 162 Å². The fourth-order valence-corrected chi connectivity index (χ4v) is 3.09. The van der Waals surface area contributed by atoms with Crippen LogP contribution in [-0.4, -0.2) is 26.7 Å². The predicted molar refractivity (Wildman–Crippen MR) is 110 cm³/mol. The van der Waals surface area contributed by atoms with Crippen molar-refractivity contribution in [2.75, 3.05) is 5.32 Å². The van der Waals surface area contributed by atoms with Crippen molar-refractivity contribution >= 4 is 40.4 Å². The van der Waals surface area contributed by atoms with Crippen LogP contribution in [0.25, 0.3) is 22.7 Å². The molecule has 0 bridgehead atoms. The smallest absolute Gasteiger partial charge is 0.409 e. The number of benzene rings is 1. The first-order chi connectivity index (χ1) is 13.2. The molecule has 7 nitrogen and oxygen atoms in total. The van der Waals surface area contributed by atoms with Crippen molar-refractivity contribution in [2.24, 2.45) is 5.73 Å². The molecule has 3 aromatic rings. The maximum Gasteiger partial charge on any atom is 0.409 e. The second-order valence-corrected chi connectivity index (χ2v) is 7.40. The zero-order chi connectivity index (χ0) is 20.5. The molecule has 0 aliphatic heterocycles. The molecule has 2 amide bonds. The minimum absolute atomic E-state index is 0.307. The number of aromatic nitrogens is 2. The molecule has 0 fully saturated rings. The summed E-state index contributed by atoms with van der Waals surface area (Å²) in [5.41, 5.74) is 8.00. The molecule has 0 saturated heterocycles. The summed E-state index contributed by atoms with van der Waals surface area (Å²) in [6.07, 6.45) is 3.91. The van der Waals surface area contributed by atoms with Crippen LogP contribution in [0.3, 0.4) is 0 Å². The number of rotatable bonds is 4. The number of pyridine rings is 1. The highest BCUT2D eigenvalue weighted by Crippen LogP contribution is 2.33. The Morgan fingerprint density at radius 1 is 1.18 bits per heavy atom. The van der Waals surface area contributed by atoms with Gasteiger partial charge in [-0.1, -0.05) is 30.3 Å². The Hall–Kier alpha value is -3.61. The summed E-state index contributed by atoms with van der Waals surface area (Å²) >= 11 is 0. The maximum absolute atomic E-state index is 12.1. The average molecular weight is 378 g/mol. The van der Waals surface area contributed by atoms with Crippen molar-refractivity contribution in [3.63, 3.8) is 0 Å². The van der Waals surface area contributed by atoms with Gasteiger partial charge in [-0.2, -0.15) is 0 Å². The van der Waals surface area contributed by atoms with Crippen molar-refractivity contribution in [1.82, 2.24) is 9.55 Å². The third-order valence-electron chi connectivity index (χ3n) is 4.33. The summed E-state index contributed by atoms with van der Waals surface area (Å²) in [4.78, 5) is 27.8. The lowest BCUT2D eigenvalue weighted by atomic mass is 10.0. The number of nitrogens with two attached hydrogens (primary N) is 1. The number of nitrogens with zero attached hydrogens (tertiary/aromatic N) is 2. The summed E-state index contributed by atoms with van der Waals surface area (Å²) in [6, 6.07) is 10.7. The number of hydrogen-bond acceptors (Lipinski definition) is 3. The Morgan fingerprint density at radius 2 is 1.86 bits per heavy atom. The van der Waals surface area contributed by atoms with Crippen molar-refractivity contribution in [1.29, 1.82) is 0 Å². The second kappa shape index (κ2) is 7.19. The molecule has 1 aromatic carbocycles. The minimum Gasteiger partial charge on any atom is -0.465 e. The van der Waals surface area contributed by atoms with Gasteiger partial charge in [0, 0.05) is 34.5 Å². The number of fused-ring (bicyclic) bond motifs is 1. The first-order valence-corrected chi connectivity index (χ1v) is 8.76. The van der Waals surface area contributed by atoms with Crippen LogP contribution in [-0.2, 0) is 10.3 Å². The molecule has 0 aliphatic rings. The summed E-state index contributed by atoms with van der Waals surface area (Å²) in [5.74, 6) is -0.570. The first-order valence-electron chi connectivity index (χ1n) is 8.76. The molecule has 4 N–H and O–H groups in total. The van der Waals surface area contributed by atoms with Crippen molar-refractivity contribution in [3.05, 3.63) is 59.9 Å². The van der Waals surface area contributed by atoms with Crippen LogP contribution in [0.4, 0.5) is 10.5 Å². The van der Waals surface area contributed by atoms with Gasteiger partial charge in [0.25, 0.3) is 0 Å². The summed E-state index contributed by atoms with van der Waals surface area (Å²) in [5, 5.41) is 12.2. The first kappa shape index (κ1) is 19.2. The normalized spacial score (nSPS) is 12.2. The predicted octanol–water partition coefficient (Wildman–Crippen LogP) is 3.91. The highest BCUT2D eigenvalue weighted by Gasteiger charge is 2.22. The molecule has 0 atom stereocenters. The lowest BCUT2D eigenvalue weighted by Gasteiger charge is -2.21.